The zero-order valence-electron chi connectivity index (χ0n) is 14.6. The third-order valence-corrected chi connectivity index (χ3v) is 5.31. The van der Waals surface area contributed by atoms with Crippen molar-refractivity contribution in [2.45, 2.75) is 31.2 Å². The van der Waals surface area contributed by atoms with Crippen LogP contribution in [0.1, 0.15) is 30.7 Å². The number of ether oxygens (including phenoxy) is 1. The molecule has 5 heteroatoms. The summed E-state index contributed by atoms with van der Waals surface area (Å²) in [6, 6.07) is 11.1. The molecule has 132 valence electrons. The Balaban J connectivity index is 1.37. The Bertz CT molecular complexity index is 517. The maximum absolute atomic E-state index is 12.3. The van der Waals surface area contributed by atoms with Gasteiger partial charge in [-0.1, -0.05) is 30.3 Å². The summed E-state index contributed by atoms with van der Waals surface area (Å²) in [5.74, 6) is 0.631. The van der Waals surface area contributed by atoms with E-state index in [4.69, 9.17) is 4.74 Å². The molecule has 24 heavy (non-hydrogen) atoms. The molecule has 0 radical (unpaired) electrons. The van der Waals surface area contributed by atoms with Gasteiger partial charge in [-0.3, -0.25) is 0 Å². The molecule has 5 nitrogen and oxygen atoms in total. The molecular weight excluding hydrogens is 302 g/mol. The molecule has 0 bridgehead atoms. The number of nitrogens with zero attached hydrogens (tertiary/aromatic N) is 2. The summed E-state index contributed by atoms with van der Waals surface area (Å²) < 4.78 is 5.36. The molecule has 0 saturated carbocycles. The smallest absolute Gasteiger partial charge is 0.317 e. The zero-order chi connectivity index (χ0) is 16.8. The summed E-state index contributed by atoms with van der Waals surface area (Å²) in [6.45, 7) is 5.37. The lowest BCUT2D eigenvalue weighted by Crippen LogP contribution is -2.47. The second kappa shape index (κ2) is 8.49. The highest BCUT2D eigenvalue weighted by atomic mass is 16.5. The minimum Gasteiger partial charge on any atom is -0.381 e. The van der Waals surface area contributed by atoms with Crippen molar-refractivity contribution in [3.63, 3.8) is 0 Å². The van der Waals surface area contributed by atoms with E-state index in [0.29, 0.717) is 18.5 Å². The van der Waals surface area contributed by atoms with Crippen LogP contribution in [-0.2, 0) is 4.74 Å². The average Bonchev–Trinajstić information content (AvgIpc) is 3.11. The standard InChI is InChI=1S/C19H29N3O2/c1-21(18-8-13-24-14-9-18)19(23)20-10-12-22-11-7-17(15-22)16-5-3-2-4-6-16/h2-6,17-18H,7-15H2,1H3,(H,20,23)/t17-/m0/s1. The third-order valence-electron chi connectivity index (χ3n) is 5.31. The number of carbonyl (C=O) groups excluding carboxylic acids is 1. The third kappa shape index (κ3) is 4.48. The second-order valence-electron chi connectivity index (χ2n) is 6.88. The molecule has 1 aromatic rings. The Labute approximate surface area is 145 Å². The lowest BCUT2D eigenvalue weighted by molar-refractivity contribution is 0.0525. The Morgan fingerprint density at radius 3 is 2.75 bits per heavy atom. The Morgan fingerprint density at radius 2 is 2.00 bits per heavy atom. The van der Waals surface area contributed by atoms with Crippen LogP contribution >= 0.6 is 0 Å². The largest absolute Gasteiger partial charge is 0.381 e. The molecule has 3 rings (SSSR count). The van der Waals surface area contributed by atoms with Crippen molar-refractivity contribution in [2.75, 3.05) is 46.4 Å². The van der Waals surface area contributed by atoms with E-state index in [1.165, 1.54) is 12.0 Å². The van der Waals surface area contributed by atoms with Crippen LogP contribution < -0.4 is 5.32 Å². The summed E-state index contributed by atoms with van der Waals surface area (Å²) in [5, 5.41) is 3.07. The molecule has 2 aliphatic rings. The first-order valence-corrected chi connectivity index (χ1v) is 9.10. The molecule has 2 amide bonds. The highest BCUT2D eigenvalue weighted by Gasteiger charge is 2.24. The number of amides is 2. The van der Waals surface area contributed by atoms with E-state index in [-0.39, 0.29) is 6.03 Å². The van der Waals surface area contributed by atoms with Crippen molar-refractivity contribution < 1.29 is 9.53 Å². The van der Waals surface area contributed by atoms with E-state index in [0.717, 1.165) is 45.7 Å². The number of benzene rings is 1. The van der Waals surface area contributed by atoms with Crippen LogP contribution in [0, 0.1) is 0 Å². The molecular formula is C19H29N3O2. The van der Waals surface area contributed by atoms with Crippen LogP contribution in [0.5, 0.6) is 0 Å². The Kier molecular flexibility index (Phi) is 6.10. The van der Waals surface area contributed by atoms with Crippen molar-refractivity contribution in [1.82, 2.24) is 15.1 Å². The molecule has 0 spiro atoms. The van der Waals surface area contributed by atoms with Crippen molar-refractivity contribution in [3.8, 4) is 0 Å². The van der Waals surface area contributed by atoms with Gasteiger partial charge in [-0.05, 0) is 37.3 Å². The van der Waals surface area contributed by atoms with Gasteiger partial charge in [0.2, 0.25) is 0 Å². The Morgan fingerprint density at radius 1 is 1.25 bits per heavy atom. The maximum Gasteiger partial charge on any atom is 0.317 e. The Hall–Kier alpha value is -1.59. The molecule has 0 aliphatic carbocycles. The number of likely N-dealkylation sites (tertiary alicyclic amines) is 1. The fraction of sp³-hybridized carbons (Fsp3) is 0.632. The van der Waals surface area contributed by atoms with E-state index in [9.17, 15) is 4.79 Å². The molecule has 0 aromatic heterocycles. The monoisotopic (exact) mass is 331 g/mol. The van der Waals surface area contributed by atoms with Crippen LogP contribution in [-0.4, -0.2) is 68.3 Å². The molecule has 1 atom stereocenters. The summed E-state index contributed by atoms with van der Waals surface area (Å²) in [6.07, 6.45) is 3.09. The second-order valence-corrected chi connectivity index (χ2v) is 6.88. The number of hydrogen-bond acceptors (Lipinski definition) is 3. The number of rotatable bonds is 5. The fourth-order valence-electron chi connectivity index (χ4n) is 3.72. The molecule has 2 fully saturated rings. The van der Waals surface area contributed by atoms with E-state index >= 15 is 0 Å². The van der Waals surface area contributed by atoms with Gasteiger partial charge in [0.05, 0.1) is 0 Å². The number of nitrogens with one attached hydrogen (secondary N) is 1. The summed E-state index contributed by atoms with van der Waals surface area (Å²) in [7, 11) is 1.90. The first kappa shape index (κ1) is 17.2. The minimum atomic E-state index is 0.0423. The topological polar surface area (TPSA) is 44.8 Å². The van der Waals surface area contributed by atoms with Crippen molar-refractivity contribution in [1.29, 1.82) is 0 Å². The van der Waals surface area contributed by atoms with Crippen molar-refractivity contribution >= 4 is 6.03 Å². The van der Waals surface area contributed by atoms with E-state index in [1.54, 1.807) is 0 Å². The van der Waals surface area contributed by atoms with Crippen LogP contribution in [0.3, 0.4) is 0 Å². The van der Waals surface area contributed by atoms with Gasteiger partial charge < -0.3 is 19.9 Å². The fourth-order valence-corrected chi connectivity index (χ4v) is 3.72. The molecule has 2 saturated heterocycles. The van der Waals surface area contributed by atoms with Gasteiger partial charge in [0.1, 0.15) is 0 Å². The molecule has 1 aromatic carbocycles. The van der Waals surface area contributed by atoms with Crippen LogP contribution in [0.25, 0.3) is 0 Å². The predicted octanol–water partition coefficient (Wildman–Crippen LogP) is 2.30. The number of hydrogen-bond donors (Lipinski definition) is 1. The lowest BCUT2D eigenvalue weighted by atomic mass is 9.99. The molecule has 2 heterocycles. The normalized spacial score (nSPS) is 22.5. The van der Waals surface area contributed by atoms with Crippen LogP contribution in [0.2, 0.25) is 0 Å². The first-order valence-electron chi connectivity index (χ1n) is 9.10. The summed E-state index contributed by atoms with van der Waals surface area (Å²) >= 11 is 0. The van der Waals surface area contributed by atoms with Gasteiger partial charge in [0.15, 0.2) is 0 Å². The maximum atomic E-state index is 12.3. The van der Waals surface area contributed by atoms with Gasteiger partial charge >= 0.3 is 6.03 Å². The number of carbonyl (C=O) groups is 1. The zero-order valence-corrected chi connectivity index (χ0v) is 14.6. The predicted molar refractivity (Wildman–Crippen MR) is 95.2 cm³/mol. The quantitative estimate of drug-likeness (QED) is 0.900. The lowest BCUT2D eigenvalue weighted by Gasteiger charge is -2.31. The average molecular weight is 331 g/mol. The highest BCUT2D eigenvalue weighted by Crippen LogP contribution is 2.26. The molecule has 2 aliphatic heterocycles. The summed E-state index contributed by atoms with van der Waals surface area (Å²) in [4.78, 5) is 16.6. The highest BCUT2D eigenvalue weighted by molar-refractivity contribution is 5.74. The van der Waals surface area contributed by atoms with Gasteiger partial charge in [-0.25, -0.2) is 4.79 Å². The summed E-state index contributed by atoms with van der Waals surface area (Å²) in [5.41, 5.74) is 1.43. The van der Waals surface area contributed by atoms with E-state index < -0.39 is 0 Å². The van der Waals surface area contributed by atoms with Gasteiger partial charge in [0, 0.05) is 45.9 Å². The van der Waals surface area contributed by atoms with Gasteiger partial charge in [-0.15, -0.1) is 0 Å². The van der Waals surface area contributed by atoms with Crippen molar-refractivity contribution in [2.24, 2.45) is 0 Å². The van der Waals surface area contributed by atoms with Crippen LogP contribution in [0.15, 0.2) is 30.3 Å². The minimum absolute atomic E-state index is 0.0423. The first-order chi connectivity index (χ1) is 11.7. The van der Waals surface area contributed by atoms with Gasteiger partial charge in [-0.2, -0.15) is 0 Å². The van der Waals surface area contributed by atoms with Gasteiger partial charge in [0.25, 0.3) is 0 Å². The van der Waals surface area contributed by atoms with E-state index in [1.807, 2.05) is 11.9 Å². The van der Waals surface area contributed by atoms with Crippen molar-refractivity contribution in [3.05, 3.63) is 35.9 Å². The van der Waals surface area contributed by atoms with E-state index in [2.05, 4.69) is 40.5 Å². The number of urea groups is 1. The van der Waals surface area contributed by atoms with Crippen LogP contribution in [0.4, 0.5) is 4.79 Å². The molecule has 0 unspecified atom stereocenters. The molecule has 1 N–H and O–H groups in total. The SMILES string of the molecule is CN(C(=O)NCCN1CC[C@H](c2ccccc2)C1)C1CCOCC1.